The van der Waals surface area contributed by atoms with Gasteiger partial charge in [0, 0.05) is 23.4 Å². The van der Waals surface area contributed by atoms with E-state index in [-0.39, 0.29) is 11.7 Å². The quantitative estimate of drug-likeness (QED) is 0.551. The second-order valence-electron chi connectivity index (χ2n) is 5.98. The van der Waals surface area contributed by atoms with Crippen LogP contribution in [0.3, 0.4) is 0 Å². The predicted octanol–water partition coefficient (Wildman–Crippen LogP) is 4.94. The van der Waals surface area contributed by atoms with E-state index >= 15 is 0 Å². The van der Waals surface area contributed by atoms with E-state index in [1.165, 1.54) is 18.3 Å². The molecular weight excluding hydrogens is 376 g/mol. The van der Waals surface area contributed by atoms with Crippen LogP contribution in [0.15, 0.2) is 41.8 Å². The predicted molar refractivity (Wildman–Crippen MR) is 111 cm³/mol. The van der Waals surface area contributed by atoms with Gasteiger partial charge in [0.1, 0.15) is 10.8 Å². The summed E-state index contributed by atoms with van der Waals surface area (Å²) in [5, 5.41) is 15.3. The van der Waals surface area contributed by atoms with Gasteiger partial charge in [0.15, 0.2) is 11.5 Å². The van der Waals surface area contributed by atoms with Gasteiger partial charge in [0.2, 0.25) is 5.91 Å². The van der Waals surface area contributed by atoms with Gasteiger partial charge in [0.25, 0.3) is 0 Å². The Hall–Kier alpha value is -3.06. The molecule has 0 fully saturated rings. The van der Waals surface area contributed by atoms with Crippen molar-refractivity contribution < 1.29 is 19.4 Å². The van der Waals surface area contributed by atoms with Crippen LogP contribution in [0.25, 0.3) is 21.8 Å². The summed E-state index contributed by atoms with van der Waals surface area (Å²) in [7, 11) is 0. The maximum atomic E-state index is 11.3. The van der Waals surface area contributed by atoms with Crippen molar-refractivity contribution in [3.8, 4) is 39.1 Å². The molecule has 2 N–H and O–H groups in total. The molecule has 0 radical (unpaired) electrons. The lowest BCUT2D eigenvalue weighted by Gasteiger charge is -2.11. The van der Waals surface area contributed by atoms with Crippen LogP contribution in [0.1, 0.15) is 20.8 Å². The maximum absolute atomic E-state index is 11.3. The first kappa shape index (κ1) is 19.7. The van der Waals surface area contributed by atoms with Crippen molar-refractivity contribution in [2.45, 2.75) is 20.8 Å². The van der Waals surface area contributed by atoms with Crippen molar-refractivity contribution >= 4 is 22.9 Å². The molecule has 0 atom stereocenters. The minimum atomic E-state index is -0.246. The summed E-state index contributed by atoms with van der Waals surface area (Å²) in [6, 6.07) is 10.8. The Bertz CT molecular complexity index is 984. The number of aromatic nitrogens is 1. The molecule has 1 amide bonds. The number of amides is 1. The lowest BCUT2D eigenvalue weighted by molar-refractivity contribution is -0.114. The number of nitrogens with zero attached hydrogens (tertiary/aromatic N) is 1. The highest BCUT2D eigenvalue weighted by molar-refractivity contribution is 7.13. The molecule has 2 aromatic carbocycles. The molecule has 28 heavy (non-hydrogen) atoms. The van der Waals surface area contributed by atoms with Crippen LogP contribution >= 0.6 is 11.3 Å². The molecular formula is C21H22N2O4S. The number of anilines is 1. The Morgan fingerprint density at radius 3 is 2.50 bits per heavy atom. The van der Waals surface area contributed by atoms with Crippen molar-refractivity contribution in [3.63, 3.8) is 0 Å². The number of aromatic hydroxyl groups is 1. The molecule has 1 heterocycles. The summed E-state index contributed by atoms with van der Waals surface area (Å²) >= 11 is 1.51. The number of phenolic OH excluding ortho intramolecular Hbond substituents is 1. The number of carbonyl (C=O) groups is 1. The average molecular weight is 398 g/mol. The summed E-state index contributed by atoms with van der Waals surface area (Å²) in [4.78, 5) is 16.0. The molecule has 3 aromatic rings. The van der Waals surface area contributed by atoms with Crippen LogP contribution in [0.2, 0.25) is 0 Å². The van der Waals surface area contributed by atoms with E-state index in [4.69, 9.17) is 14.5 Å². The lowest BCUT2D eigenvalue weighted by Crippen LogP contribution is -2.05. The number of rotatable bonds is 7. The zero-order valence-corrected chi connectivity index (χ0v) is 16.8. The number of carbonyl (C=O) groups excluding carboxylic acids is 1. The fourth-order valence-corrected chi connectivity index (χ4v) is 3.53. The number of thiazole rings is 1. The van der Waals surface area contributed by atoms with E-state index in [1.807, 2.05) is 37.4 Å². The van der Waals surface area contributed by atoms with E-state index in [1.54, 1.807) is 18.2 Å². The fourth-order valence-electron chi connectivity index (χ4n) is 2.71. The van der Waals surface area contributed by atoms with Gasteiger partial charge in [0.05, 0.1) is 24.6 Å². The van der Waals surface area contributed by atoms with E-state index in [2.05, 4.69) is 5.32 Å². The SMILES string of the molecule is CCOc1ccc(-c2nc(-c3ccc(O)c(NC(C)=O)c3)cs2)cc1OCC. The van der Waals surface area contributed by atoms with Gasteiger partial charge < -0.3 is 19.9 Å². The first-order chi connectivity index (χ1) is 13.5. The highest BCUT2D eigenvalue weighted by Gasteiger charge is 2.13. The molecule has 0 saturated carbocycles. The third-order valence-corrected chi connectivity index (χ3v) is 4.79. The Morgan fingerprint density at radius 1 is 1.07 bits per heavy atom. The van der Waals surface area contributed by atoms with Crippen LogP contribution in [0.5, 0.6) is 17.2 Å². The van der Waals surface area contributed by atoms with Crippen molar-refractivity contribution in [1.82, 2.24) is 4.98 Å². The minimum Gasteiger partial charge on any atom is -0.506 e. The second-order valence-corrected chi connectivity index (χ2v) is 6.84. The number of nitrogens with one attached hydrogen (secondary N) is 1. The van der Waals surface area contributed by atoms with Gasteiger partial charge in [-0.15, -0.1) is 11.3 Å². The number of hydrogen-bond acceptors (Lipinski definition) is 6. The lowest BCUT2D eigenvalue weighted by atomic mass is 10.1. The Kier molecular flexibility index (Phi) is 6.16. The second kappa shape index (κ2) is 8.75. The topological polar surface area (TPSA) is 80.7 Å². The van der Waals surface area contributed by atoms with Gasteiger partial charge in [-0.25, -0.2) is 4.98 Å². The zero-order valence-electron chi connectivity index (χ0n) is 16.0. The normalized spacial score (nSPS) is 10.5. The maximum Gasteiger partial charge on any atom is 0.221 e. The van der Waals surface area contributed by atoms with Crippen LogP contribution in [0.4, 0.5) is 5.69 Å². The Balaban J connectivity index is 1.92. The van der Waals surface area contributed by atoms with Gasteiger partial charge >= 0.3 is 0 Å². The molecule has 0 bridgehead atoms. The van der Waals surface area contributed by atoms with Crippen LogP contribution in [0, 0.1) is 0 Å². The molecule has 1 aromatic heterocycles. The summed E-state index contributed by atoms with van der Waals surface area (Å²) in [5.41, 5.74) is 2.86. The third-order valence-electron chi connectivity index (χ3n) is 3.90. The molecule has 0 spiro atoms. The smallest absolute Gasteiger partial charge is 0.221 e. The molecule has 0 aliphatic carbocycles. The first-order valence-corrected chi connectivity index (χ1v) is 9.86. The molecule has 7 heteroatoms. The highest BCUT2D eigenvalue weighted by Crippen LogP contribution is 2.36. The zero-order chi connectivity index (χ0) is 20.1. The molecule has 0 aliphatic heterocycles. The number of hydrogen-bond donors (Lipinski definition) is 2. The standard InChI is InChI=1S/C21H22N2O4S/c1-4-26-19-9-7-15(11-20(19)27-5-2)21-23-17(12-28-21)14-6-8-18(25)16(10-14)22-13(3)24/h6-12,25H,4-5H2,1-3H3,(H,22,24). The van der Waals surface area contributed by atoms with E-state index < -0.39 is 0 Å². The van der Waals surface area contributed by atoms with E-state index in [0.717, 1.165) is 21.8 Å². The summed E-state index contributed by atoms with van der Waals surface area (Å²) in [6.45, 7) is 6.38. The number of benzene rings is 2. The molecule has 6 nitrogen and oxygen atoms in total. The molecule has 3 rings (SSSR count). The molecule has 0 aliphatic rings. The monoisotopic (exact) mass is 398 g/mol. The average Bonchev–Trinajstić information content (AvgIpc) is 3.15. The molecule has 0 saturated heterocycles. The van der Waals surface area contributed by atoms with Crippen molar-refractivity contribution in [2.24, 2.45) is 0 Å². The van der Waals surface area contributed by atoms with Crippen LogP contribution in [-0.4, -0.2) is 29.2 Å². The van der Waals surface area contributed by atoms with E-state index in [9.17, 15) is 9.90 Å². The van der Waals surface area contributed by atoms with Crippen molar-refractivity contribution in [3.05, 3.63) is 41.8 Å². The summed E-state index contributed by atoms with van der Waals surface area (Å²) in [5.74, 6) is 1.17. The van der Waals surface area contributed by atoms with Crippen molar-refractivity contribution in [2.75, 3.05) is 18.5 Å². The first-order valence-electron chi connectivity index (χ1n) is 8.98. The number of phenols is 1. The summed E-state index contributed by atoms with van der Waals surface area (Å²) < 4.78 is 11.3. The fraction of sp³-hybridized carbons (Fsp3) is 0.238. The van der Waals surface area contributed by atoms with E-state index in [0.29, 0.717) is 30.4 Å². The van der Waals surface area contributed by atoms with Crippen LogP contribution < -0.4 is 14.8 Å². The third kappa shape index (κ3) is 4.43. The van der Waals surface area contributed by atoms with Crippen LogP contribution in [-0.2, 0) is 4.79 Å². The van der Waals surface area contributed by atoms with Gasteiger partial charge in [-0.05, 0) is 50.2 Å². The highest BCUT2D eigenvalue weighted by atomic mass is 32.1. The van der Waals surface area contributed by atoms with Gasteiger partial charge in [-0.1, -0.05) is 0 Å². The summed E-state index contributed by atoms with van der Waals surface area (Å²) in [6.07, 6.45) is 0. The number of ether oxygens (including phenoxy) is 2. The Labute approximate surface area is 167 Å². The Morgan fingerprint density at radius 2 is 1.79 bits per heavy atom. The van der Waals surface area contributed by atoms with Gasteiger partial charge in [-0.3, -0.25) is 4.79 Å². The molecule has 146 valence electrons. The minimum absolute atomic E-state index is 0.0160. The van der Waals surface area contributed by atoms with Gasteiger partial charge in [-0.2, -0.15) is 0 Å². The largest absolute Gasteiger partial charge is 0.506 e. The van der Waals surface area contributed by atoms with Crippen molar-refractivity contribution in [1.29, 1.82) is 0 Å². The molecule has 0 unspecified atom stereocenters.